The number of amides is 2. The van der Waals surface area contributed by atoms with Gasteiger partial charge in [-0.25, -0.2) is 0 Å². The van der Waals surface area contributed by atoms with Gasteiger partial charge in [0.05, 0.1) is 19.1 Å². The average molecular weight is 334 g/mol. The normalized spacial score (nSPS) is 14.1. The average Bonchev–Trinajstić information content (AvgIpc) is 2.93. The van der Waals surface area contributed by atoms with Crippen LogP contribution in [0.25, 0.3) is 10.9 Å². The molecule has 0 atom stereocenters. The smallest absolute Gasteiger partial charge is 0.262 e. The van der Waals surface area contributed by atoms with Crippen LogP contribution in [0.3, 0.4) is 0 Å². The molecule has 0 saturated heterocycles. The van der Waals surface area contributed by atoms with Crippen LogP contribution in [0.15, 0.2) is 48.5 Å². The van der Waals surface area contributed by atoms with Gasteiger partial charge in [0, 0.05) is 30.2 Å². The van der Waals surface area contributed by atoms with Crippen molar-refractivity contribution >= 4 is 22.7 Å². The number of aromatic nitrogens is 1. The van der Waals surface area contributed by atoms with Crippen molar-refractivity contribution in [3.63, 3.8) is 0 Å². The van der Waals surface area contributed by atoms with Crippen molar-refractivity contribution in [2.24, 2.45) is 0 Å². The van der Waals surface area contributed by atoms with E-state index in [4.69, 9.17) is 4.74 Å². The van der Waals surface area contributed by atoms with E-state index < -0.39 is 0 Å². The maximum absolute atomic E-state index is 12.8. The molecule has 4 rings (SSSR count). The minimum Gasteiger partial charge on any atom is -0.497 e. The third-order valence-electron chi connectivity index (χ3n) is 4.77. The Morgan fingerprint density at radius 3 is 2.56 bits per heavy atom. The lowest BCUT2D eigenvalue weighted by molar-refractivity contribution is -0.127. The second kappa shape index (κ2) is 5.77. The predicted octanol–water partition coefficient (Wildman–Crippen LogP) is 2.85. The zero-order chi connectivity index (χ0) is 17.6. The van der Waals surface area contributed by atoms with E-state index in [1.165, 1.54) is 11.9 Å². The molecule has 0 radical (unpaired) electrons. The van der Waals surface area contributed by atoms with Gasteiger partial charge >= 0.3 is 0 Å². The molecule has 0 saturated carbocycles. The quantitative estimate of drug-likeness (QED) is 0.692. The van der Waals surface area contributed by atoms with Crippen LogP contribution < -0.4 is 4.74 Å². The molecule has 126 valence electrons. The molecule has 1 aliphatic rings. The number of ether oxygens (including phenoxy) is 1. The minimum absolute atomic E-state index is 0.179. The molecule has 1 aromatic heterocycles. The summed E-state index contributed by atoms with van der Waals surface area (Å²) < 4.78 is 7.39. The standard InChI is InChI=1S/C20H18N2O3/c1-21-18(23)11-17-19(20(21)24)15-10-14(25-2)8-9-16(15)22(17)12-13-6-4-3-5-7-13/h3-10H,11-12H2,1-2H3. The lowest BCUT2D eigenvalue weighted by Crippen LogP contribution is -2.39. The fourth-order valence-corrected chi connectivity index (χ4v) is 3.43. The molecule has 2 amide bonds. The SMILES string of the molecule is COc1ccc2c(c1)c1c(n2Cc2ccccc2)CC(=O)N(C)C1=O. The van der Waals surface area contributed by atoms with Gasteiger partial charge in [-0.15, -0.1) is 0 Å². The van der Waals surface area contributed by atoms with Gasteiger partial charge in [0.2, 0.25) is 5.91 Å². The van der Waals surface area contributed by atoms with Crippen molar-refractivity contribution in [1.82, 2.24) is 9.47 Å². The van der Waals surface area contributed by atoms with Crippen LogP contribution in [-0.4, -0.2) is 35.4 Å². The highest BCUT2D eigenvalue weighted by Crippen LogP contribution is 2.33. The Bertz CT molecular complexity index is 989. The molecule has 0 unspecified atom stereocenters. The second-order valence-corrected chi connectivity index (χ2v) is 6.21. The summed E-state index contributed by atoms with van der Waals surface area (Å²) in [5.41, 5.74) is 3.44. The molecular formula is C20H18N2O3. The third-order valence-corrected chi connectivity index (χ3v) is 4.77. The van der Waals surface area contributed by atoms with Gasteiger partial charge in [0.1, 0.15) is 5.75 Å². The number of hydrogen-bond acceptors (Lipinski definition) is 3. The first-order valence-electron chi connectivity index (χ1n) is 8.14. The summed E-state index contributed by atoms with van der Waals surface area (Å²) in [6, 6.07) is 15.7. The Balaban J connectivity index is 1.97. The Morgan fingerprint density at radius 2 is 1.84 bits per heavy atom. The van der Waals surface area contributed by atoms with Crippen molar-refractivity contribution in [1.29, 1.82) is 0 Å². The van der Waals surface area contributed by atoms with Gasteiger partial charge in [0.25, 0.3) is 5.91 Å². The largest absolute Gasteiger partial charge is 0.497 e. The van der Waals surface area contributed by atoms with Crippen LogP contribution in [0, 0.1) is 0 Å². The van der Waals surface area contributed by atoms with Crippen LogP contribution in [0.2, 0.25) is 0 Å². The summed E-state index contributed by atoms with van der Waals surface area (Å²) in [6.45, 7) is 0.614. The number of imide groups is 1. The molecular weight excluding hydrogens is 316 g/mol. The van der Waals surface area contributed by atoms with E-state index in [9.17, 15) is 9.59 Å². The Hall–Kier alpha value is -3.08. The monoisotopic (exact) mass is 334 g/mol. The summed E-state index contributed by atoms with van der Waals surface area (Å²) in [4.78, 5) is 26.2. The number of benzene rings is 2. The van der Waals surface area contributed by atoms with Crippen molar-refractivity contribution in [3.05, 3.63) is 65.4 Å². The first-order chi connectivity index (χ1) is 12.1. The van der Waals surface area contributed by atoms with Crippen LogP contribution in [-0.2, 0) is 17.8 Å². The number of methoxy groups -OCH3 is 1. The molecule has 2 aromatic carbocycles. The molecule has 0 spiro atoms. The molecule has 3 aromatic rings. The third kappa shape index (κ3) is 2.39. The van der Waals surface area contributed by atoms with E-state index in [1.54, 1.807) is 7.11 Å². The number of hydrogen-bond donors (Lipinski definition) is 0. The van der Waals surface area contributed by atoms with Crippen molar-refractivity contribution in [3.8, 4) is 5.75 Å². The van der Waals surface area contributed by atoms with Crippen LogP contribution in [0.4, 0.5) is 0 Å². The highest BCUT2D eigenvalue weighted by molar-refractivity contribution is 6.16. The second-order valence-electron chi connectivity index (χ2n) is 6.21. The van der Waals surface area contributed by atoms with Crippen molar-refractivity contribution in [2.75, 3.05) is 14.2 Å². The van der Waals surface area contributed by atoms with E-state index in [0.717, 1.165) is 22.2 Å². The minimum atomic E-state index is -0.253. The molecule has 25 heavy (non-hydrogen) atoms. The highest BCUT2D eigenvalue weighted by Gasteiger charge is 2.33. The van der Waals surface area contributed by atoms with Gasteiger partial charge < -0.3 is 9.30 Å². The van der Waals surface area contributed by atoms with Crippen LogP contribution in [0.5, 0.6) is 5.75 Å². The van der Waals surface area contributed by atoms with E-state index in [0.29, 0.717) is 17.9 Å². The molecule has 0 fully saturated rings. The first kappa shape index (κ1) is 15.4. The fraction of sp³-hybridized carbons (Fsp3) is 0.200. The number of likely N-dealkylation sites (N-methyl/N-ethyl adjacent to an activating group) is 1. The molecule has 5 nitrogen and oxygen atoms in total. The van der Waals surface area contributed by atoms with E-state index in [1.807, 2.05) is 48.5 Å². The molecule has 0 bridgehead atoms. The van der Waals surface area contributed by atoms with Crippen molar-refractivity contribution < 1.29 is 14.3 Å². The number of carbonyl (C=O) groups is 2. The molecule has 0 aliphatic carbocycles. The molecule has 0 N–H and O–H groups in total. The summed E-state index contributed by atoms with van der Waals surface area (Å²) in [5.74, 6) is 0.261. The Labute approximate surface area is 145 Å². The molecule has 1 aliphatic heterocycles. The van der Waals surface area contributed by atoms with Crippen LogP contribution >= 0.6 is 0 Å². The topological polar surface area (TPSA) is 51.5 Å². The number of nitrogens with zero attached hydrogens (tertiary/aromatic N) is 2. The van der Waals surface area contributed by atoms with Gasteiger partial charge in [-0.1, -0.05) is 30.3 Å². The lowest BCUT2D eigenvalue weighted by Gasteiger charge is -2.22. The van der Waals surface area contributed by atoms with E-state index in [2.05, 4.69) is 4.57 Å². The summed E-state index contributed by atoms with van der Waals surface area (Å²) in [6.07, 6.45) is 0.224. The van der Waals surface area contributed by atoms with Gasteiger partial charge in [-0.05, 0) is 23.8 Å². The highest BCUT2D eigenvalue weighted by atomic mass is 16.5. The van der Waals surface area contributed by atoms with Crippen molar-refractivity contribution in [2.45, 2.75) is 13.0 Å². The Morgan fingerprint density at radius 1 is 1.08 bits per heavy atom. The summed E-state index contributed by atoms with van der Waals surface area (Å²) in [7, 11) is 3.14. The van der Waals surface area contributed by atoms with E-state index >= 15 is 0 Å². The first-order valence-corrected chi connectivity index (χ1v) is 8.14. The van der Waals surface area contributed by atoms with Gasteiger partial charge in [0.15, 0.2) is 0 Å². The predicted molar refractivity (Wildman–Crippen MR) is 94.8 cm³/mol. The Kier molecular flexibility index (Phi) is 3.57. The van der Waals surface area contributed by atoms with Gasteiger partial charge in [-0.2, -0.15) is 0 Å². The lowest BCUT2D eigenvalue weighted by atomic mass is 10.0. The number of rotatable bonds is 3. The zero-order valence-electron chi connectivity index (χ0n) is 14.2. The van der Waals surface area contributed by atoms with E-state index in [-0.39, 0.29) is 18.2 Å². The molecule has 5 heteroatoms. The summed E-state index contributed by atoms with van der Waals surface area (Å²) in [5, 5.41) is 0.828. The summed E-state index contributed by atoms with van der Waals surface area (Å²) >= 11 is 0. The number of fused-ring (bicyclic) bond motifs is 3. The maximum Gasteiger partial charge on any atom is 0.262 e. The zero-order valence-corrected chi connectivity index (χ0v) is 14.2. The number of carbonyl (C=O) groups excluding carboxylic acids is 2. The van der Waals surface area contributed by atoms with Crippen LogP contribution in [0.1, 0.15) is 21.6 Å². The maximum atomic E-state index is 12.8. The van der Waals surface area contributed by atoms with Gasteiger partial charge in [-0.3, -0.25) is 14.5 Å². The molecule has 2 heterocycles. The fourth-order valence-electron chi connectivity index (χ4n) is 3.43.